The third kappa shape index (κ3) is 1.77. The maximum atomic E-state index is 3.76. The third-order valence-corrected chi connectivity index (χ3v) is 4.71. The molecule has 0 amide bonds. The van der Waals surface area contributed by atoms with Crippen LogP contribution in [0.1, 0.15) is 35.1 Å². The van der Waals surface area contributed by atoms with E-state index in [1.54, 1.807) is 0 Å². The van der Waals surface area contributed by atoms with E-state index >= 15 is 0 Å². The lowest BCUT2D eigenvalue weighted by Gasteiger charge is -2.37. The van der Waals surface area contributed by atoms with Gasteiger partial charge in [-0.25, -0.2) is 0 Å². The largest absolute Gasteiger partial charge is 0.378 e. The van der Waals surface area contributed by atoms with E-state index in [1.165, 1.54) is 28.8 Å². The fraction of sp³-hybridized carbons (Fsp3) is 0.263. The minimum absolute atomic E-state index is 0.422. The molecule has 1 aliphatic heterocycles. The summed E-state index contributed by atoms with van der Waals surface area (Å²) in [6.45, 7) is 2.15. The summed E-state index contributed by atoms with van der Waals surface area (Å²) in [5.41, 5.74) is 5.48. The predicted molar refractivity (Wildman–Crippen MR) is 84.0 cm³/mol. The van der Waals surface area contributed by atoms with Gasteiger partial charge in [-0.05, 0) is 36.5 Å². The lowest BCUT2D eigenvalue weighted by molar-refractivity contribution is 0.425. The van der Waals surface area contributed by atoms with Crippen molar-refractivity contribution in [3.05, 3.63) is 77.4 Å². The molecule has 0 spiro atoms. The van der Waals surface area contributed by atoms with E-state index in [1.807, 2.05) is 0 Å². The second-order valence-electron chi connectivity index (χ2n) is 5.97. The van der Waals surface area contributed by atoms with Gasteiger partial charge in [0.1, 0.15) is 0 Å². The van der Waals surface area contributed by atoms with E-state index < -0.39 is 0 Å². The van der Waals surface area contributed by atoms with Crippen LogP contribution in [0.4, 0.5) is 5.69 Å². The molecule has 2 aromatic carbocycles. The molecule has 1 aliphatic carbocycles. The minimum Gasteiger partial charge on any atom is -0.378 e. The molecule has 100 valence electrons. The number of rotatable bonds is 1. The lowest BCUT2D eigenvalue weighted by atomic mass is 9.77. The number of para-hydroxylation sites is 1. The number of hydrogen-bond donors (Lipinski definition) is 1. The molecule has 1 heterocycles. The number of allylic oxidation sites excluding steroid dienone is 2. The van der Waals surface area contributed by atoms with E-state index in [-0.39, 0.29) is 0 Å². The second kappa shape index (κ2) is 4.52. The molecular weight excluding hydrogens is 242 g/mol. The zero-order valence-electron chi connectivity index (χ0n) is 11.7. The van der Waals surface area contributed by atoms with Crippen LogP contribution in [0.25, 0.3) is 0 Å². The molecule has 1 heteroatoms. The Balaban J connectivity index is 1.77. The molecule has 2 aliphatic rings. The number of fused-ring (bicyclic) bond motifs is 3. The van der Waals surface area contributed by atoms with Crippen LogP contribution in [-0.4, -0.2) is 0 Å². The standard InChI is InChI=1S/C19H19N/c1-13-9-11-14(12-10-13)19-17-7-4-6-15(17)16-5-2-3-8-18(16)20-19/h2-6,8-12,15,17,19-20H,7H2,1H3/t15-,17-,19-/m1/s1. The minimum atomic E-state index is 0.422. The monoisotopic (exact) mass is 261 g/mol. The number of benzene rings is 2. The van der Waals surface area contributed by atoms with Gasteiger partial charge in [-0.15, -0.1) is 0 Å². The summed E-state index contributed by atoms with van der Waals surface area (Å²) in [6.07, 6.45) is 5.91. The van der Waals surface area contributed by atoms with Gasteiger partial charge in [0.05, 0.1) is 6.04 Å². The van der Waals surface area contributed by atoms with Crippen LogP contribution in [0.5, 0.6) is 0 Å². The molecule has 4 rings (SSSR count). The fourth-order valence-electron chi connectivity index (χ4n) is 3.65. The highest BCUT2D eigenvalue weighted by molar-refractivity contribution is 5.59. The van der Waals surface area contributed by atoms with Crippen molar-refractivity contribution in [3.8, 4) is 0 Å². The van der Waals surface area contributed by atoms with Crippen LogP contribution >= 0.6 is 0 Å². The highest BCUT2D eigenvalue weighted by Gasteiger charge is 2.37. The molecule has 0 radical (unpaired) electrons. The molecule has 0 bridgehead atoms. The first kappa shape index (κ1) is 11.8. The summed E-state index contributed by atoms with van der Waals surface area (Å²) in [5.74, 6) is 1.21. The van der Waals surface area contributed by atoms with E-state index in [9.17, 15) is 0 Å². The van der Waals surface area contributed by atoms with Crippen molar-refractivity contribution in [1.29, 1.82) is 0 Å². The van der Waals surface area contributed by atoms with Gasteiger partial charge >= 0.3 is 0 Å². The smallest absolute Gasteiger partial charge is 0.0553 e. The topological polar surface area (TPSA) is 12.0 Å². The molecule has 2 aromatic rings. The molecule has 0 fully saturated rings. The van der Waals surface area contributed by atoms with Crippen LogP contribution in [0.2, 0.25) is 0 Å². The Morgan fingerprint density at radius 1 is 1.00 bits per heavy atom. The van der Waals surface area contributed by atoms with Crippen LogP contribution in [0.15, 0.2) is 60.7 Å². The molecular formula is C19H19N. The van der Waals surface area contributed by atoms with E-state index in [0.29, 0.717) is 17.9 Å². The summed E-state index contributed by atoms with van der Waals surface area (Å²) in [4.78, 5) is 0. The second-order valence-corrected chi connectivity index (χ2v) is 5.97. The quantitative estimate of drug-likeness (QED) is 0.726. The summed E-state index contributed by atoms with van der Waals surface area (Å²) in [5, 5.41) is 3.76. The molecule has 3 atom stereocenters. The van der Waals surface area contributed by atoms with Gasteiger partial charge in [-0.3, -0.25) is 0 Å². The van der Waals surface area contributed by atoms with Crippen LogP contribution < -0.4 is 5.32 Å². The van der Waals surface area contributed by atoms with Crippen molar-refractivity contribution < 1.29 is 0 Å². The van der Waals surface area contributed by atoms with E-state index in [0.717, 1.165) is 0 Å². The van der Waals surface area contributed by atoms with Crippen LogP contribution in [0, 0.1) is 12.8 Å². The first-order chi connectivity index (χ1) is 9.83. The molecule has 0 saturated carbocycles. The highest BCUT2D eigenvalue weighted by atomic mass is 15.0. The average Bonchev–Trinajstić information content (AvgIpc) is 2.97. The van der Waals surface area contributed by atoms with Gasteiger partial charge in [0.25, 0.3) is 0 Å². The Morgan fingerprint density at radius 2 is 1.80 bits per heavy atom. The average molecular weight is 261 g/mol. The number of anilines is 1. The van der Waals surface area contributed by atoms with E-state index in [2.05, 4.69) is 72.9 Å². The Labute approximate surface area is 120 Å². The van der Waals surface area contributed by atoms with Crippen molar-refractivity contribution >= 4 is 5.69 Å². The van der Waals surface area contributed by atoms with Gasteiger partial charge in [-0.2, -0.15) is 0 Å². The Morgan fingerprint density at radius 3 is 2.65 bits per heavy atom. The first-order valence-corrected chi connectivity index (χ1v) is 7.41. The SMILES string of the molecule is Cc1ccc([C@H]2Nc3ccccc3[C@H]3C=CC[C@H]32)cc1. The Kier molecular flexibility index (Phi) is 2.66. The Bertz CT molecular complexity index is 654. The van der Waals surface area contributed by atoms with E-state index in [4.69, 9.17) is 0 Å². The molecule has 20 heavy (non-hydrogen) atoms. The number of hydrogen-bond acceptors (Lipinski definition) is 1. The summed E-state index contributed by atoms with van der Waals surface area (Å²) in [7, 11) is 0. The van der Waals surface area contributed by atoms with Gasteiger partial charge < -0.3 is 5.32 Å². The van der Waals surface area contributed by atoms with Crippen LogP contribution in [0.3, 0.4) is 0 Å². The summed E-state index contributed by atoms with van der Waals surface area (Å²) < 4.78 is 0. The molecule has 1 nitrogen and oxygen atoms in total. The zero-order valence-corrected chi connectivity index (χ0v) is 11.7. The van der Waals surface area contributed by atoms with Crippen molar-refractivity contribution in [2.45, 2.75) is 25.3 Å². The number of aryl methyl sites for hydroxylation is 1. The normalized spacial score (nSPS) is 26.8. The molecule has 1 N–H and O–H groups in total. The van der Waals surface area contributed by atoms with Crippen molar-refractivity contribution in [1.82, 2.24) is 0 Å². The zero-order chi connectivity index (χ0) is 13.5. The van der Waals surface area contributed by atoms with Gasteiger partial charge in [0.15, 0.2) is 0 Å². The molecule has 0 saturated heterocycles. The fourth-order valence-corrected chi connectivity index (χ4v) is 3.65. The highest BCUT2D eigenvalue weighted by Crippen LogP contribution is 2.49. The van der Waals surface area contributed by atoms with Crippen molar-refractivity contribution in [2.75, 3.05) is 5.32 Å². The van der Waals surface area contributed by atoms with Gasteiger partial charge in [0, 0.05) is 11.6 Å². The van der Waals surface area contributed by atoms with Gasteiger partial charge in [0.2, 0.25) is 0 Å². The molecule has 0 aromatic heterocycles. The maximum Gasteiger partial charge on any atom is 0.0553 e. The summed E-state index contributed by atoms with van der Waals surface area (Å²) in [6, 6.07) is 18.1. The van der Waals surface area contributed by atoms with Crippen LogP contribution in [-0.2, 0) is 0 Å². The predicted octanol–water partition coefficient (Wildman–Crippen LogP) is 4.82. The lowest BCUT2D eigenvalue weighted by Crippen LogP contribution is -2.28. The van der Waals surface area contributed by atoms with Gasteiger partial charge in [-0.1, -0.05) is 60.2 Å². The van der Waals surface area contributed by atoms with Crippen molar-refractivity contribution in [2.24, 2.45) is 5.92 Å². The molecule has 0 unspecified atom stereocenters. The summed E-state index contributed by atoms with van der Waals surface area (Å²) >= 11 is 0. The maximum absolute atomic E-state index is 3.76. The van der Waals surface area contributed by atoms with Crippen molar-refractivity contribution in [3.63, 3.8) is 0 Å². The first-order valence-electron chi connectivity index (χ1n) is 7.41. The Hall–Kier alpha value is -2.02. The third-order valence-electron chi connectivity index (χ3n) is 4.71. The number of nitrogens with one attached hydrogen (secondary N) is 1.